The van der Waals surface area contributed by atoms with E-state index >= 15 is 0 Å². The second-order valence-electron chi connectivity index (χ2n) is 10.2. The summed E-state index contributed by atoms with van der Waals surface area (Å²) < 4.78 is 2.02. The maximum absolute atomic E-state index is 13.1. The first-order chi connectivity index (χ1) is 15.9. The van der Waals surface area contributed by atoms with E-state index in [9.17, 15) is 4.79 Å². The zero-order valence-electron chi connectivity index (χ0n) is 20.8. The molecule has 0 radical (unpaired) electrons. The van der Waals surface area contributed by atoms with Gasteiger partial charge in [-0.2, -0.15) is 0 Å². The molecule has 1 fully saturated rings. The molecule has 178 valence electrons. The van der Waals surface area contributed by atoms with Crippen LogP contribution in [0, 0.1) is 6.92 Å². The quantitative estimate of drug-likeness (QED) is 0.481. The number of pyridine rings is 1. The number of nitrogens with one attached hydrogen (secondary N) is 1. The van der Waals surface area contributed by atoms with Crippen LogP contribution in [0.5, 0.6) is 0 Å². The van der Waals surface area contributed by atoms with Crippen LogP contribution in [0.25, 0.3) is 10.9 Å². The van der Waals surface area contributed by atoms with Crippen LogP contribution >= 0.6 is 0 Å². The van der Waals surface area contributed by atoms with Crippen molar-refractivity contribution in [2.75, 3.05) is 0 Å². The first-order valence-corrected chi connectivity index (χ1v) is 12.5. The Morgan fingerprint density at radius 1 is 1.24 bits per heavy atom. The van der Waals surface area contributed by atoms with Gasteiger partial charge in [0.2, 0.25) is 0 Å². The maximum Gasteiger partial charge on any atom is 0.252 e. The van der Waals surface area contributed by atoms with Crippen LogP contribution in [0.15, 0.2) is 29.1 Å². The van der Waals surface area contributed by atoms with Crippen LogP contribution in [-0.2, 0) is 12.1 Å². The van der Waals surface area contributed by atoms with Crippen LogP contribution in [0.2, 0.25) is 0 Å². The van der Waals surface area contributed by atoms with Crippen molar-refractivity contribution < 1.29 is 0 Å². The van der Waals surface area contributed by atoms with Gasteiger partial charge in [0.1, 0.15) is 0 Å². The van der Waals surface area contributed by atoms with Crippen molar-refractivity contribution in [3.63, 3.8) is 0 Å². The van der Waals surface area contributed by atoms with Gasteiger partial charge in [-0.3, -0.25) is 9.69 Å². The Labute approximate surface area is 196 Å². The highest BCUT2D eigenvalue weighted by Gasteiger charge is 2.35. The number of H-pyrrole nitrogens is 1. The summed E-state index contributed by atoms with van der Waals surface area (Å²) in [6, 6.07) is 8.75. The fourth-order valence-corrected chi connectivity index (χ4v) is 5.17. The van der Waals surface area contributed by atoms with Crippen LogP contribution in [0.3, 0.4) is 0 Å². The number of benzene rings is 1. The van der Waals surface area contributed by atoms with Gasteiger partial charge in [-0.25, -0.2) is 4.68 Å². The van der Waals surface area contributed by atoms with Gasteiger partial charge in [0.15, 0.2) is 5.82 Å². The average molecular weight is 451 g/mol. The fraction of sp³-hybridized carbons (Fsp3) is 0.615. The van der Waals surface area contributed by atoms with E-state index in [1.54, 1.807) is 0 Å². The van der Waals surface area contributed by atoms with Gasteiger partial charge in [-0.05, 0) is 73.9 Å². The number of aromatic amines is 1. The second kappa shape index (κ2) is 9.75. The summed E-state index contributed by atoms with van der Waals surface area (Å²) in [5.74, 6) is 0.920. The predicted molar refractivity (Wildman–Crippen MR) is 132 cm³/mol. The van der Waals surface area contributed by atoms with Gasteiger partial charge < -0.3 is 4.98 Å². The Morgan fingerprint density at radius 3 is 2.70 bits per heavy atom. The summed E-state index contributed by atoms with van der Waals surface area (Å²) >= 11 is 0. The normalized spacial score (nSPS) is 16.2. The molecule has 0 spiro atoms. The van der Waals surface area contributed by atoms with Gasteiger partial charge in [-0.1, -0.05) is 51.3 Å². The second-order valence-corrected chi connectivity index (χ2v) is 10.2. The van der Waals surface area contributed by atoms with Gasteiger partial charge in [0.25, 0.3) is 5.56 Å². The first kappa shape index (κ1) is 23.6. The number of fused-ring (bicyclic) bond motifs is 1. The molecule has 1 aromatic carbocycles. The maximum atomic E-state index is 13.1. The molecule has 1 atom stereocenters. The van der Waals surface area contributed by atoms with Crippen LogP contribution in [0.1, 0.15) is 95.6 Å². The van der Waals surface area contributed by atoms with E-state index in [4.69, 9.17) is 0 Å². The number of nitrogens with zero attached hydrogens (tertiary/aromatic N) is 5. The molecule has 33 heavy (non-hydrogen) atoms. The van der Waals surface area contributed by atoms with Crippen LogP contribution < -0.4 is 5.56 Å². The minimum atomic E-state index is -0.163. The van der Waals surface area contributed by atoms with Crippen molar-refractivity contribution in [2.45, 2.75) is 104 Å². The lowest BCUT2D eigenvalue weighted by Crippen LogP contribution is -2.41. The van der Waals surface area contributed by atoms with E-state index in [-0.39, 0.29) is 17.1 Å². The zero-order chi connectivity index (χ0) is 23.6. The van der Waals surface area contributed by atoms with E-state index in [0.29, 0.717) is 12.6 Å². The van der Waals surface area contributed by atoms with Gasteiger partial charge >= 0.3 is 0 Å². The Bertz CT molecular complexity index is 1140. The molecule has 0 saturated heterocycles. The third-order valence-electron chi connectivity index (χ3n) is 7.50. The lowest BCUT2D eigenvalue weighted by atomic mass is 9.99. The van der Waals surface area contributed by atoms with Crippen molar-refractivity contribution >= 4 is 10.9 Å². The number of hydrogen-bond acceptors (Lipinski definition) is 5. The number of para-hydroxylation sites is 1. The number of rotatable bonds is 9. The SMILES string of the molecule is CCC[C@H](c1nnnn1C(C)(C)CC)N(Cc1cc2cccc(C)c2[nH]c1=O)C1CCCC1. The Morgan fingerprint density at radius 2 is 2.00 bits per heavy atom. The molecule has 7 nitrogen and oxygen atoms in total. The smallest absolute Gasteiger partial charge is 0.252 e. The summed E-state index contributed by atoms with van der Waals surface area (Å²) in [5, 5.41) is 14.1. The first-order valence-electron chi connectivity index (χ1n) is 12.5. The van der Waals surface area contributed by atoms with Gasteiger partial charge in [0.05, 0.1) is 17.1 Å². The number of aromatic nitrogens is 5. The third-order valence-corrected chi connectivity index (χ3v) is 7.50. The highest BCUT2D eigenvalue weighted by Crippen LogP contribution is 2.36. The molecule has 1 saturated carbocycles. The highest BCUT2D eigenvalue weighted by atomic mass is 16.1. The lowest BCUT2D eigenvalue weighted by molar-refractivity contribution is 0.102. The Balaban J connectivity index is 1.77. The van der Waals surface area contributed by atoms with E-state index in [2.05, 4.69) is 71.3 Å². The summed E-state index contributed by atoms with van der Waals surface area (Å²) in [7, 11) is 0. The molecule has 0 aliphatic heterocycles. The van der Waals surface area contributed by atoms with Crippen molar-refractivity contribution in [1.29, 1.82) is 0 Å². The predicted octanol–water partition coefficient (Wildman–Crippen LogP) is 5.25. The average Bonchev–Trinajstić information content (AvgIpc) is 3.50. The lowest BCUT2D eigenvalue weighted by Gasteiger charge is -2.37. The summed E-state index contributed by atoms with van der Waals surface area (Å²) in [4.78, 5) is 18.8. The molecular formula is C26H38N6O. The van der Waals surface area contributed by atoms with Crippen molar-refractivity contribution in [3.8, 4) is 0 Å². The van der Waals surface area contributed by atoms with E-state index < -0.39 is 0 Å². The monoisotopic (exact) mass is 450 g/mol. The topological polar surface area (TPSA) is 79.7 Å². The van der Waals surface area contributed by atoms with E-state index in [1.807, 2.05) is 17.7 Å². The highest BCUT2D eigenvalue weighted by molar-refractivity contribution is 5.81. The molecule has 0 unspecified atom stereocenters. The molecule has 4 rings (SSSR count). The van der Waals surface area contributed by atoms with Crippen LogP contribution in [0.4, 0.5) is 0 Å². The fourth-order valence-electron chi connectivity index (χ4n) is 5.17. The van der Waals surface area contributed by atoms with E-state index in [1.165, 1.54) is 12.8 Å². The molecule has 1 N–H and O–H groups in total. The van der Waals surface area contributed by atoms with Gasteiger partial charge in [0, 0.05) is 18.2 Å². The summed E-state index contributed by atoms with van der Waals surface area (Å²) in [5.41, 5.74) is 2.67. The minimum absolute atomic E-state index is 0.00326. The third kappa shape index (κ3) is 4.74. The number of hydrogen-bond donors (Lipinski definition) is 1. The Kier molecular flexibility index (Phi) is 6.98. The molecular weight excluding hydrogens is 412 g/mol. The van der Waals surface area contributed by atoms with Crippen molar-refractivity contribution in [2.24, 2.45) is 0 Å². The van der Waals surface area contributed by atoms with Crippen molar-refractivity contribution in [3.05, 3.63) is 51.6 Å². The molecule has 3 aromatic rings. The molecule has 7 heteroatoms. The van der Waals surface area contributed by atoms with Gasteiger partial charge in [-0.15, -0.1) is 5.10 Å². The molecule has 0 amide bonds. The number of aryl methyl sites for hydroxylation is 1. The molecule has 1 aliphatic rings. The van der Waals surface area contributed by atoms with Crippen molar-refractivity contribution in [1.82, 2.24) is 30.1 Å². The minimum Gasteiger partial charge on any atom is -0.321 e. The van der Waals surface area contributed by atoms with E-state index in [0.717, 1.165) is 60.0 Å². The molecule has 0 bridgehead atoms. The molecule has 2 heterocycles. The molecule has 1 aliphatic carbocycles. The standard InChI is InChI=1S/C26H38N6O/c1-6-11-22(24-28-29-30-32(24)26(4,5)7-2)31(21-14-8-9-15-21)17-20-16-19-13-10-12-18(3)23(19)27-25(20)33/h10,12-13,16,21-22H,6-9,11,14-15,17H2,1-5H3,(H,27,33)/t22-/m1/s1. The summed E-state index contributed by atoms with van der Waals surface area (Å²) in [6.07, 6.45) is 7.71. The summed E-state index contributed by atoms with van der Waals surface area (Å²) in [6.45, 7) is 11.4. The number of tetrazole rings is 1. The zero-order valence-corrected chi connectivity index (χ0v) is 20.8. The Hall–Kier alpha value is -2.54. The van der Waals surface area contributed by atoms with Crippen LogP contribution in [-0.4, -0.2) is 36.1 Å². The molecule has 2 aromatic heterocycles. The largest absolute Gasteiger partial charge is 0.321 e.